The number of fused-ring (bicyclic) bond motifs is 1. The first kappa shape index (κ1) is 11.5. The molecule has 2 amide bonds. The van der Waals surface area contributed by atoms with Gasteiger partial charge in [0, 0.05) is 22.0 Å². The van der Waals surface area contributed by atoms with E-state index in [9.17, 15) is 9.59 Å². The lowest BCUT2D eigenvalue weighted by atomic mass is 9.95. The van der Waals surface area contributed by atoms with Crippen molar-refractivity contribution in [3.8, 4) is 0 Å². The van der Waals surface area contributed by atoms with Gasteiger partial charge in [0.25, 0.3) is 0 Å². The Kier molecular flexibility index (Phi) is 2.70. The van der Waals surface area contributed by atoms with Crippen LogP contribution in [-0.2, 0) is 9.59 Å². The van der Waals surface area contributed by atoms with Gasteiger partial charge in [-0.15, -0.1) is 0 Å². The van der Waals surface area contributed by atoms with Crippen LogP contribution in [0.4, 0.5) is 0 Å². The number of nitrogens with one attached hydrogen (secondary N) is 2. The van der Waals surface area contributed by atoms with Crippen molar-refractivity contribution in [3.05, 3.63) is 34.4 Å². The van der Waals surface area contributed by atoms with E-state index in [2.05, 4.69) is 26.2 Å². The minimum Gasteiger partial charge on any atom is -0.357 e. The minimum atomic E-state index is -0.262. The Morgan fingerprint density at radius 1 is 1.28 bits per heavy atom. The summed E-state index contributed by atoms with van der Waals surface area (Å²) in [5, 5.41) is 3.44. The molecule has 1 unspecified atom stereocenters. The van der Waals surface area contributed by atoms with Crippen molar-refractivity contribution in [1.82, 2.24) is 10.3 Å². The van der Waals surface area contributed by atoms with Crippen LogP contribution in [0.3, 0.4) is 0 Å². The fraction of sp³-hybridized carbons (Fsp3) is 0.231. The molecule has 1 aromatic carbocycles. The molecule has 3 rings (SSSR count). The Bertz CT molecular complexity index is 647. The van der Waals surface area contributed by atoms with E-state index in [1.54, 1.807) is 0 Å². The van der Waals surface area contributed by atoms with Crippen LogP contribution < -0.4 is 5.32 Å². The number of imide groups is 1. The molecule has 1 atom stereocenters. The highest BCUT2D eigenvalue weighted by molar-refractivity contribution is 9.10. The molecule has 2 aromatic rings. The fourth-order valence-corrected chi connectivity index (χ4v) is 2.80. The summed E-state index contributed by atoms with van der Waals surface area (Å²) in [6.45, 7) is 0. The second kappa shape index (κ2) is 4.24. The zero-order valence-electron chi connectivity index (χ0n) is 9.50. The Balaban J connectivity index is 2.02. The number of benzene rings is 1. The molecule has 1 fully saturated rings. The SMILES string of the molecule is O=C1CCC(c2cc3cccc(Br)c3[nH]2)C(=O)N1. The third kappa shape index (κ3) is 1.84. The van der Waals surface area contributed by atoms with E-state index in [4.69, 9.17) is 0 Å². The van der Waals surface area contributed by atoms with Crippen molar-refractivity contribution in [1.29, 1.82) is 0 Å². The number of para-hydroxylation sites is 1. The maximum absolute atomic E-state index is 11.8. The molecule has 1 aliphatic rings. The maximum atomic E-state index is 11.8. The number of carbonyl (C=O) groups excluding carboxylic acids is 2. The van der Waals surface area contributed by atoms with Crippen molar-refractivity contribution in [3.63, 3.8) is 0 Å². The Labute approximate surface area is 112 Å². The first-order chi connectivity index (χ1) is 8.65. The van der Waals surface area contributed by atoms with Gasteiger partial charge in [0.15, 0.2) is 0 Å². The molecule has 0 bridgehead atoms. The number of aromatic nitrogens is 1. The summed E-state index contributed by atoms with van der Waals surface area (Å²) in [7, 11) is 0. The topological polar surface area (TPSA) is 62.0 Å². The minimum absolute atomic E-state index is 0.187. The van der Waals surface area contributed by atoms with E-state index in [0.717, 1.165) is 21.1 Å². The molecule has 2 N–H and O–H groups in total. The Morgan fingerprint density at radius 2 is 2.11 bits per heavy atom. The number of H-pyrrole nitrogens is 1. The van der Waals surface area contributed by atoms with Crippen LogP contribution in [0.5, 0.6) is 0 Å². The van der Waals surface area contributed by atoms with Gasteiger partial charge in [0.05, 0.1) is 11.4 Å². The van der Waals surface area contributed by atoms with E-state index < -0.39 is 0 Å². The lowest BCUT2D eigenvalue weighted by Crippen LogP contribution is -2.39. The van der Waals surface area contributed by atoms with Gasteiger partial charge >= 0.3 is 0 Å². The number of hydrogen-bond acceptors (Lipinski definition) is 2. The smallest absolute Gasteiger partial charge is 0.235 e. The Hall–Kier alpha value is -1.62. The molecule has 0 aliphatic carbocycles. The van der Waals surface area contributed by atoms with Crippen LogP contribution in [0.15, 0.2) is 28.7 Å². The molecular formula is C13H11BrN2O2. The Morgan fingerprint density at radius 3 is 2.83 bits per heavy atom. The zero-order chi connectivity index (χ0) is 12.7. The van der Waals surface area contributed by atoms with Crippen LogP contribution >= 0.6 is 15.9 Å². The lowest BCUT2D eigenvalue weighted by molar-refractivity contribution is -0.134. The van der Waals surface area contributed by atoms with Crippen molar-refractivity contribution in [2.45, 2.75) is 18.8 Å². The average Bonchev–Trinajstić information content (AvgIpc) is 2.74. The first-order valence-electron chi connectivity index (χ1n) is 5.76. The molecule has 4 nitrogen and oxygen atoms in total. The molecule has 0 radical (unpaired) electrons. The van der Waals surface area contributed by atoms with Gasteiger partial charge in [-0.05, 0) is 34.5 Å². The number of carbonyl (C=O) groups is 2. The van der Waals surface area contributed by atoms with E-state index >= 15 is 0 Å². The van der Waals surface area contributed by atoms with Crippen LogP contribution in [-0.4, -0.2) is 16.8 Å². The van der Waals surface area contributed by atoms with E-state index in [0.29, 0.717) is 12.8 Å². The van der Waals surface area contributed by atoms with Gasteiger partial charge in [0.1, 0.15) is 0 Å². The van der Waals surface area contributed by atoms with Crippen molar-refractivity contribution >= 4 is 38.6 Å². The number of rotatable bonds is 1. The van der Waals surface area contributed by atoms with Gasteiger partial charge in [-0.1, -0.05) is 12.1 Å². The first-order valence-corrected chi connectivity index (χ1v) is 6.55. The van der Waals surface area contributed by atoms with Crippen molar-refractivity contribution < 1.29 is 9.59 Å². The highest BCUT2D eigenvalue weighted by atomic mass is 79.9. The summed E-state index contributed by atoms with van der Waals surface area (Å²) in [4.78, 5) is 26.2. The molecule has 1 saturated heterocycles. The van der Waals surface area contributed by atoms with E-state index in [1.807, 2.05) is 24.3 Å². The second-order valence-corrected chi connectivity index (χ2v) is 5.29. The number of aromatic amines is 1. The lowest BCUT2D eigenvalue weighted by Gasteiger charge is -2.19. The predicted molar refractivity (Wildman–Crippen MR) is 71.1 cm³/mol. The van der Waals surface area contributed by atoms with Gasteiger partial charge in [-0.2, -0.15) is 0 Å². The van der Waals surface area contributed by atoms with E-state index in [-0.39, 0.29) is 17.7 Å². The quantitative estimate of drug-likeness (QED) is 0.795. The zero-order valence-corrected chi connectivity index (χ0v) is 11.1. The van der Waals surface area contributed by atoms with Gasteiger partial charge < -0.3 is 4.98 Å². The monoisotopic (exact) mass is 306 g/mol. The second-order valence-electron chi connectivity index (χ2n) is 4.43. The van der Waals surface area contributed by atoms with Gasteiger partial charge in [-0.3, -0.25) is 14.9 Å². The largest absolute Gasteiger partial charge is 0.357 e. The molecule has 0 saturated carbocycles. The summed E-state index contributed by atoms with van der Waals surface area (Å²) in [5.74, 6) is -0.663. The highest BCUT2D eigenvalue weighted by Gasteiger charge is 2.29. The molecule has 18 heavy (non-hydrogen) atoms. The number of piperidine rings is 1. The fourth-order valence-electron chi connectivity index (χ4n) is 2.32. The van der Waals surface area contributed by atoms with Crippen LogP contribution in [0.25, 0.3) is 10.9 Å². The van der Waals surface area contributed by atoms with Gasteiger partial charge in [-0.25, -0.2) is 0 Å². The van der Waals surface area contributed by atoms with E-state index in [1.165, 1.54) is 0 Å². The summed E-state index contributed by atoms with van der Waals surface area (Å²) in [6, 6.07) is 7.87. The standard InChI is InChI=1S/C13H11BrN2O2/c14-9-3-1-2-7-6-10(15-12(7)9)8-4-5-11(17)16-13(8)18/h1-3,6,8,15H,4-5H2,(H,16,17,18). The number of hydrogen-bond donors (Lipinski definition) is 2. The van der Waals surface area contributed by atoms with Gasteiger partial charge in [0.2, 0.25) is 11.8 Å². The van der Waals surface area contributed by atoms with Crippen LogP contribution in [0.1, 0.15) is 24.5 Å². The molecular weight excluding hydrogens is 296 g/mol. The number of amides is 2. The van der Waals surface area contributed by atoms with Crippen LogP contribution in [0, 0.1) is 0 Å². The molecule has 92 valence electrons. The summed E-state index contributed by atoms with van der Waals surface area (Å²) in [6.07, 6.45) is 0.960. The van der Waals surface area contributed by atoms with Crippen molar-refractivity contribution in [2.24, 2.45) is 0 Å². The van der Waals surface area contributed by atoms with Crippen LogP contribution in [0.2, 0.25) is 0 Å². The number of halogens is 1. The highest BCUT2D eigenvalue weighted by Crippen LogP contribution is 2.30. The normalized spacial score (nSPS) is 20.2. The summed E-state index contributed by atoms with van der Waals surface area (Å²) in [5.41, 5.74) is 1.85. The summed E-state index contributed by atoms with van der Waals surface area (Å²) < 4.78 is 0.971. The third-order valence-corrected chi connectivity index (χ3v) is 3.90. The third-order valence-electron chi connectivity index (χ3n) is 3.24. The molecule has 5 heteroatoms. The average molecular weight is 307 g/mol. The summed E-state index contributed by atoms with van der Waals surface area (Å²) >= 11 is 3.47. The molecule has 2 heterocycles. The molecule has 0 spiro atoms. The maximum Gasteiger partial charge on any atom is 0.235 e. The predicted octanol–water partition coefficient (Wildman–Crippen LogP) is 2.45. The van der Waals surface area contributed by atoms with Crippen molar-refractivity contribution in [2.75, 3.05) is 0 Å². The molecule has 1 aromatic heterocycles. The molecule has 1 aliphatic heterocycles.